The molecule has 11 heteroatoms. The number of rotatable bonds is 7. The summed E-state index contributed by atoms with van der Waals surface area (Å²) in [6, 6.07) is 12.3. The molecule has 3 N–H and O–H groups in total. The van der Waals surface area contributed by atoms with Gasteiger partial charge in [0.1, 0.15) is 12.4 Å². The number of nitrogens with one attached hydrogen (secondary N) is 1. The fourth-order valence-electron chi connectivity index (χ4n) is 2.49. The van der Waals surface area contributed by atoms with Gasteiger partial charge in [-0.25, -0.2) is 18.2 Å². The molecule has 0 aliphatic carbocycles. The summed E-state index contributed by atoms with van der Waals surface area (Å²) in [5.41, 5.74) is 0.864. The van der Waals surface area contributed by atoms with Gasteiger partial charge in [-0.2, -0.15) is 0 Å². The topological polar surface area (TPSA) is 142 Å². The number of ether oxygens (including phenoxy) is 1. The molecule has 1 aromatic heterocycles. The number of anilines is 1. The minimum absolute atomic E-state index is 0.0273. The van der Waals surface area contributed by atoms with Crippen molar-refractivity contribution in [2.75, 3.05) is 5.32 Å². The molecule has 0 unspecified atom stereocenters. The molecule has 0 fully saturated rings. The minimum atomic E-state index is -3.77. The highest BCUT2D eigenvalue weighted by atomic mass is 32.2. The molecule has 2 aromatic carbocycles. The second-order valence-corrected chi connectivity index (χ2v) is 8.03. The summed E-state index contributed by atoms with van der Waals surface area (Å²) in [5, 5.41) is 19.2. The van der Waals surface area contributed by atoms with Crippen molar-refractivity contribution in [1.29, 1.82) is 0 Å². The Morgan fingerprint density at radius 1 is 1.14 bits per heavy atom. The summed E-state index contributed by atoms with van der Waals surface area (Å²) < 4.78 is 29.9. The number of aromatic nitrogens is 4. The summed E-state index contributed by atoms with van der Waals surface area (Å²) in [6.45, 7) is 4.14. The Morgan fingerprint density at radius 2 is 1.79 bits per heavy atom. The lowest BCUT2D eigenvalue weighted by Crippen LogP contribution is -2.14. The minimum Gasteiger partial charge on any atom is -0.486 e. The number of hydrogen-bond donors (Lipinski definition) is 2. The van der Waals surface area contributed by atoms with Crippen molar-refractivity contribution >= 4 is 21.6 Å². The first-order valence-corrected chi connectivity index (χ1v) is 10.2. The Kier molecular flexibility index (Phi) is 5.89. The lowest BCUT2D eigenvalue weighted by Gasteiger charge is -2.10. The average Bonchev–Trinajstić information content (AvgIpc) is 3.15. The van der Waals surface area contributed by atoms with Crippen LogP contribution in [0.2, 0.25) is 0 Å². The van der Waals surface area contributed by atoms with Crippen LogP contribution in [0.25, 0.3) is 0 Å². The zero-order valence-corrected chi connectivity index (χ0v) is 16.6. The summed E-state index contributed by atoms with van der Waals surface area (Å²) in [4.78, 5) is 12.3. The van der Waals surface area contributed by atoms with Gasteiger partial charge in [-0.05, 0) is 72.8 Å². The molecule has 0 bridgehead atoms. The van der Waals surface area contributed by atoms with Gasteiger partial charge < -0.3 is 10.1 Å². The smallest absolute Gasteiger partial charge is 0.255 e. The molecule has 0 aliphatic rings. The van der Waals surface area contributed by atoms with E-state index >= 15 is 0 Å². The molecule has 0 saturated carbocycles. The zero-order chi connectivity index (χ0) is 21.0. The molecule has 0 atom stereocenters. The van der Waals surface area contributed by atoms with E-state index in [4.69, 9.17) is 9.88 Å². The third-order valence-electron chi connectivity index (χ3n) is 3.98. The molecule has 1 heterocycles. The molecule has 0 radical (unpaired) electrons. The monoisotopic (exact) mass is 416 g/mol. The Morgan fingerprint density at radius 3 is 2.38 bits per heavy atom. The highest BCUT2D eigenvalue weighted by molar-refractivity contribution is 7.89. The van der Waals surface area contributed by atoms with Crippen LogP contribution in [0.5, 0.6) is 5.75 Å². The predicted molar refractivity (Wildman–Crippen MR) is 105 cm³/mol. The number of tetrazole rings is 1. The molecule has 0 aliphatic heterocycles. The molecular weight excluding hydrogens is 396 g/mol. The largest absolute Gasteiger partial charge is 0.486 e. The Bertz CT molecular complexity index is 1090. The van der Waals surface area contributed by atoms with Crippen LogP contribution in [-0.4, -0.2) is 34.5 Å². The molecule has 3 aromatic rings. The number of nitrogens with zero attached hydrogens (tertiary/aromatic N) is 4. The van der Waals surface area contributed by atoms with Gasteiger partial charge in [0, 0.05) is 11.3 Å². The van der Waals surface area contributed by atoms with Crippen molar-refractivity contribution < 1.29 is 17.9 Å². The van der Waals surface area contributed by atoms with Crippen LogP contribution in [0.4, 0.5) is 5.69 Å². The fourth-order valence-corrected chi connectivity index (χ4v) is 3.01. The van der Waals surface area contributed by atoms with Crippen molar-refractivity contribution in [1.82, 2.24) is 20.2 Å². The van der Waals surface area contributed by atoms with E-state index in [9.17, 15) is 13.2 Å². The van der Waals surface area contributed by atoms with Crippen LogP contribution in [-0.2, 0) is 16.6 Å². The lowest BCUT2D eigenvalue weighted by molar-refractivity contribution is 0.102. The Balaban J connectivity index is 1.60. The number of hydrogen-bond acceptors (Lipinski definition) is 7. The standard InChI is InChI=1S/C18H20N6O4S/c1-12(2)24-17(21-22-23-24)11-28-15-7-3-13(4-8-15)18(25)20-14-5-9-16(10-6-14)29(19,26)27/h3-10,12H,11H2,1-2H3,(H,20,25)(H2,19,26,27). The third kappa shape index (κ3) is 5.15. The second kappa shape index (κ2) is 8.37. The van der Waals surface area contributed by atoms with Gasteiger partial charge in [0.25, 0.3) is 5.91 Å². The molecule has 0 saturated heterocycles. The second-order valence-electron chi connectivity index (χ2n) is 6.47. The molecule has 0 spiro atoms. The molecule has 29 heavy (non-hydrogen) atoms. The SMILES string of the molecule is CC(C)n1nnnc1COc1ccc(C(=O)Nc2ccc(S(N)(=O)=O)cc2)cc1. The Labute approximate surface area is 167 Å². The van der Waals surface area contributed by atoms with Crippen LogP contribution in [0, 0.1) is 0 Å². The first-order chi connectivity index (χ1) is 13.7. The van der Waals surface area contributed by atoms with Crippen LogP contribution in [0.15, 0.2) is 53.4 Å². The fraction of sp³-hybridized carbons (Fsp3) is 0.222. The maximum atomic E-state index is 12.3. The quantitative estimate of drug-likeness (QED) is 0.597. The van der Waals surface area contributed by atoms with Crippen molar-refractivity contribution in [3.63, 3.8) is 0 Å². The molecule has 1 amide bonds. The van der Waals surface area contributed by atoms with Crippen molar-refractivity contribution in [3.05, 3.63) is 59.9 Å². The molecular formula is C18H20N6O4S. The van der Waals surface area contributed by atoms with E-state index in [1.807, 2.05) is 13.8 Å². The van der Waals surface area contributed by atoms with Crippen LogP contribution in [0.3, 0.4) is 0 Å². The number of carbonyl (C=O) groups is 1. The van der Waals surface area contributed by atoms with Gasteiger partial charge in [0.05, 0.1) is 10.9 Å². The number of primary sulfonamides is 1. The van der Waals surface area contributed by atoms with E-state index in [-0.39, 0.29) is 23.5 Å². The van der Waals surface area contributed by atoms with Crippen LogP contribution < -0.4 is 15.2 Å². The van der Waals surface area contributed by atoms with E-state index in [1.165, 1.54) is 24.3 Å². The van der Waals surface area contributed by atoms with Crippen molar-refractivity contribution in [2.45, 2.75) is 31.4 Å². The van der Waals surface area contributed by atoms with Gasteiger partial charge in [-0.15, -0.1) is 5.10 Å². The molecule has 152 valence electrons. The van der Waals surface area contributed by atoms with E-state index in [0.29, 0.717) is 22.8 Å². The van der Waals surface area contributed by atoms with Crippen LogP contribution >= 0.6 is 0 Å². The summed E-state index contributed by atoms with van der Waals surface area (Å²) >= 11 is 0. The first-order valence-electron chi connectivity index (χ1n) is 8.68. The van der Waals surface area contributed by atoms with Gasteiger partial charge in [0.15, 0.2) is 5.82 Å². The maximum absolute atomic E-state index is 12.3. The van der Waals surface area contributed by atoms with E-state index < -0.39 is 10.0 Å². The van der Waals surface area contributed by atoms with E-state index in [1.54, 1.807) is 28.9 Å². The normalized spacial score (nSPS) is 11.4. The summed E-state index contributed by atoms with van der Waals surface area (Å²) in [6.07, 6.45) is 0. The predicted octanol–water partition coefficient (Wildman–Crippen LogP) is 1.73. The molecule has 3 rings (SSSR count). The Hall–Kier alpha value is -3.31. The average molecular weight is 416 g/mol. The van der Waals surface area contributed by atoms with Crippen molar-refractivity contribution in [3.8, 4) is 5.75 Å². The number of carbonyl (C=O) groups excluding carboxylic acids is 1. The third-order valence-corrected chi connectivity index (χ3v) is 4.90. The van der Waals surface area contributed by atoms with Crippen LogP contribution in [0.1, 0.15) is 36.1 Å². The van der Waals surface area contributed by atoms with Gasteiger partial charge >= 0.3 is 0 Å². The highest BCUT2D eigenvalue weighted by Crippen LogP contribution is 2.17. The number of nitrogens with two attached hydrogens (primary N) is 1. The lowest BCUT2D eigenvalue weighted by atomic mass is 10.2. The number of benzene rings is 2. The highest BCUT2D eigenvalue weighted by Gasteiger charge is 2.11. The van der Waals surface area contributed by atoms with E-state index in [0.717, 1.165) is 0 Å². The van der Waals surface area contributed by atoms with Gasteiger partial charge in [0.2, 0.25) is 10.0 Å². The summed E-state index contributed by atoms with van der Waals surface area (Å²) in [5.74, 6) is 0.825. The summed E-state index contributed by atoms with van der Waals surface area (Å²) in [7, 11) is -3.77. The van der Waals surface area contributed by atoms with E-state index in [2.05, 4.69) is 20.8 Å². The number of amides is 1. The first kappa shape index (κ1) is 20.4. The molecule has 10 nitrogen and oxygen atoms in total. The van der Waals surface area contributed by atoms with Gasteiger partial charge in [-0.3, -0.25) is 4.79 Å². The van der Waals surface area contributed by atoms with Crippen molar-refractivity contribution in [2.24, 2.45) is 5.14 Å². The number of sulfonamides is 1. The zero-order valence-electron chi connectivity index (χ0n) is 15.8. The maximum Gasteiger partial charge on any atom is 0.255 e. The van der Waals surface area contributed by atoms with Gasteiger partial charge in [-0.1, -0.05) is 0 Å².